The zero-order chi connectivity index (χ0) is 21.8. The SMILES string of the molecule is O=C(NC1(C(=O)Nc2ccccc2C(F)(F)F)CC1)[C@H]1C[C@@H]1c1nc2ccccc2[nH]1. The van der Waals surface area contributed by atoms with E-state index in [1.807, 2.05) is 24.3 Å². The van der Waals surface area contributed by atoms with Gasteiger partial charge in [0.25, 0.3) is 0 Å². The molecule has 0 unspecified atom stereocenters. The van der Waals surface area contributed by atoms with Gasteiger partial charge in [-0.15, -0.1) is 0 Å². The highest BCUT2D eigenvalue weighted by atomic mass is 19.4. The molecule has 31 heavy (non-hydrogen) atoms. The molecular weight excluding hydrogens is 409 g/mol. The third-order valence-electron chi connectivity index (χ3n) is 5.91. The molecule has 3 N–H and O–H groups in total. The molecule has 160 valence electrons. The third kappa shape index (κ3) is 3.64. The number of para-hydroxylation sites is 3. The van der Waals surface area contributed by atoms with Crippen LogP contribution in [0.2, 0.25) is 0 Å². The van der Waals surface area contributed by atoms with Gasteiger partial charge in [-0.25, -0.2) is 4.98 Å². The van der Waals surface area contributed by atoms with Gasteiger partial charge in [0.2, 0.25) is 11.8 Å². The lowest BCUT2D eigenvalue weighted by Crippen LogP contribution is -2.47. The number of hydrogen-bond donors (Lipinski definition) is 3. The second-order valence-corrected chi connectivity index (χ2v) is 8.16. The van der Waals surface area contributed by atoms with Crippen LogP contribution in [0, 0.1) is 5.92 Å². The number of fused-ring (bicyclic) bond motifs is 1. The van der Waals surface area contributed by atoms with E-state index >= 15 is 0 Å². The van der Waals surface area contributed by atoms with Gasteiger partial charge in [-0.1, -0.05) is 24.3 Å². The topological polar surface area (TPSA) is 86.9 Å². The number of aromatic amines is 1. The summed E-state index contributed by atoms with van der Waals surface area (Å²) in [7, 11) is 0. The molecule has 1 aromatic heterocycles. The van der Waals surface area contributed by atoms with Gasteiger partial charge >= 0.3 is 6.18 Å². The van der Waals surface area contributed by atoms with Gasteiger partial charge in [0.05, 0.1) is 22.3 Å². The molecule has 2 amide bonds. The Labute approximate surface area is 175 Å². The summed E-state index contributed by atoms with van der Waals surface area (Å²) >= 11 is 0. The van der Waals surface area contributed by atoms with Gasteiger partial charge in [-0.05, 0) is 43.5 Å². The molecule has 3 aromatic rings. The third-order valence-corrected chi connectivity index (χ3v) is 5.91. The number of rotatable bonds is 5. The molecule has 0 radical (unpaired) electrons. The van der Waals surface area contributed by atoms with E-state index in [-0.39, 0.29) is 23.4 Å². The Balaban J connectivity index is 1.25. The summed E-state index contributed by atoms with van der Waals surface area (Å²) in [4.78, 5) is 33.2. The minimum atomic E-state index is -4.59. The average Bonchev–Trinajstić information content (AvgIpc) is 3.64. The predicted molar refractivity (Wildman–Crippen MR) is 107 cm³/mol. The van der Waals surface area contributed by atoms with Crippen LogP contribution in [0.5, 0.6) is 0 Å². The van der Waals surface area contributed by atoms with E-state index in [1.165, 1.54) is 18.2 Å². The molecule has 0 aliphatic heterocycles. The highest BCUT2D eigenvalue weighted by molar-refractivity contribution is 6.03. The van der Waals surface area contributed by atoms with Gasteiger partial charge in [-0.3, -0.25) is 9.59 Å². The number of benzene rings is 2. The van der Waals surface area contributed by atoms with Crippen molar-refractivity contribution in [2.75, 3.05) is 5.32 Å². The number of hydrogen-bond acceptors (Lipinski definition) is 3. The zero-order valence-electron chi connectivity index (χ0n) is 16.3. The van der Waals surface area contributed by atoms with Crippen LogP contribution in [0.15, 0.2) is 48.5 Å². The fourth-order valence-corrected chi connectivity index (χ4v) is 3.88. The monoisotopic (exact) mass is 428 g/mol. The van der Waals surface area contributed by atoms with Crippen molar-refractivity contribution >= 4 is 28.5 Å². The number of carbonyl (C=O) groups is 2. The molecule has 2 aromatic carbocycles. The molecule has 1 heterocycles. The minimum Gasteiger partial charge on any atom is -0.342 e. The number of aromatic nitrogens is 2. The summed E-state index contributed by atoms with van der Waals surface area (Å²) < 4.78 is 39.6. The van der Waals surface area contributed by atoms with Crippen molar-refractivity contribution in [2.45, 2.75) is 36.9 Å². The Hall–Kier alpha value is -3.36. The first kappa shape index (κ1) is 19.6. The largest absolute Gasteiger partial charge is 0.418 e. The van der Waals surface area contributed by atoms with Crippen molar-refractivity contribution in [2.24, 2.45) is 5.92 Å². The maximum Gasteiger partial charge on any atom is 0.418 e. The Morgan fingerprint density at radius 3 is 2.48 bits per heavy atom. The Bertz CT molecular complexity index is 1150. The molecule has 2 aliphatic rings. The van der Waals surface area contributed by atoms with Gasteiger partial charge in [0, 0.05) is 11.8 Å². The standard InChI is InChI=1S/C22H19F3N4O2/c23-22(24,25)14-5-1-2-6-15(14)28-20(31)21(9-10-21)29-19(30)13-11-12(13)18-26-16-7-3-4-8-17(16)27-18/h1-8,12-13H,9-11H2,(H,26,27)(H,28,31)(H,29,30)/t12-,13-/m0/s1. The Morgan fingerprint density at radius 1 is 1.06 bits per heavy atom. The fourth-order valence-electron chi connectivity index (χ4n) is 3.88. The number of amides is 2. The number of carbonyl (C=O) groups excluding carboxylic acids is 2. The highest BCUT2D eigenvalue weighted by Gasteiger charge is 2.55. The smallest absolute Gasteiger partial charge is 0.342 e. The summed E-state index contributed by atoms with van der Waals surface area (Å²) in [6.07, 6.45) is -3.19. The summed E-state index contributed by atoms with van der Waals surface area (Å²) in [6, 6.07) is 12.4. The molecule has 0 spiro atoms. The summed E-state index contributed by atoms with van der Waals surface area (Å²) in [5.41, 5.74) is -0.670. The van der Waals surface area contributed by atoms with E-state index in [1.54, 1.807) is 0 Å². The molecule has 0 bridgehead atoms. The average molecular weight is 428 g/mol. The van der Waals surface area contributed by atoms with Gasteiger partial charge < -0.3 is 15.6 Å². The molecule has 5 rings (SSSR count). The first-order valence-corrected chi connectivity index (χ1v) is 10.0. The van der Waals surface area contributed by atoms with E-state index in [4.69, 9.17) is 0 Å². The van der Waals surface area contributed by atoms with Crippen LogP contribution in [-0.4, -0.2) is 27.3 Å². The first-order chi connectivity index (χ1) is 14.8. The number of nitrogens with one attached hydrogen (secondary N) is 3. The number of nitrogens with zero attached hydrogens (tertiary/aromatic N) is 1. The lowest BCUT2D eigenvalue weighted by atomic mass is 10.1. The Kier molecular flexibility index (Phi) is 4.32. The van der Waals surface area contributed by atoms with Crippen molar-refractivity contribution in [3.63, 3.8) is 0 Å². The first-order valence-electron chi connectivity index (χ1n) is 10.0. The zero-order valence-corrected chi connectivity index (χ0v) is 16.3. The molecular formula is C22H19F3N4O2. The summed E-state index contributed by atoms with van der Waals surface area (Å²) in [6.45, 7) is 0. The van der Waals surface area contributed by atoms with Crippen molar-refractivity contribution < 1.29 is 22.8 Å². The number of anilines is 1. The van der Waals surface area contributed by atoms with E-state index < -0.39 is 23.2 Å². The molecule has 9 heteroatoms. The number of H-pyrrole nitrogens is 1. The predicted octanol–water partition coefficient (Wildman–Crippen LogP) is 3.97. The van der Waals surface area contributed by atoms with Crippen molar-refractivity contribution in [1.29, 1.82) is 0 Å². The van der Waals surface area contributed by atoms with Crippen LogP contribution in [-0.2, 0) is 15.8 Å². The van der Waals surface area contributed by atoms with Gasteiger partial charge in [-0.2, -0.15) is 13.2 Å². The van der Waals surface area contributed by atoms with Crippen LogP contribution in [0.4, 0.5) is 18.9 Å². The van der Waals surface area contributed by atoms with Crippen LogP contribution >= 0.6 is 0 Å². The van der Waals surface area contributed by atoms with E-state index in [0.29, 0.717) is 19.3 Å². The van der Waals surface area contributed by atoms with Crippen molar-refractivity contribution in [3.8, 4) is 0 Å². The molecule has 6 nitrogen and oxygen atoms in total. The fraction of sp³-hybridized carbons (Fsp3) is 0.318. The molecule has 0 saturated heterocycles. The van der Waals surface area contributed by atoms with Crippen molar-refractivity contribution in [1.82, 2.24) is 15.3 Å². The number of halogens is 3. The van der Waals surface area contributed by atoms with Crippen molar-refractivity contribution in [3.05, 3.63) is 59.9 Å². The second-order valence-electron chi connectivity index (χ2n) is 8.16. The summed E-state index contributed by atoms with van der Waals surface area (Å²) in [5.74, 6) is -0.541. The van der Waals surface area contributed by atoms with Crippen LogP contribution in [0.25, 0.3) is 11.0 Å². The molecule has 2 aliphatic carbocycles. The van der Waals surface area contributed by atoms with Gasteiger partial charge in [0.15, 0.2) is 0 Å². The van der Waals surface area contributed by atoms with Crippen LogP contribution in [0.1, 0.15) is 36.6 Å². The quantitative estimate of drug-likeness (QED) is 0.575. The number of alkyl halides is 3. The molecule has 2 atom stereocenters. The molecule has 2 saturated carbocycles. The van der Waals surface area contributed by atoms with Crippen LogP contribution in [0.3, 0.4) is 0 Å². The highest BCUT2D eigenvalue weighted by Crippen LogP contribution is 2.48. The normalized spacial score (nSPS) is 21.5. The summed E-state index contributed by atoms with van der Waals surface area (Å²) in [5, 5.41) is 5.12. The number of imidazole rings is 1. The van der Waals surface area contributed by atoms with E-state index in [9.17, 15) is 22.8 Å². The Morgan fingerprint density at radius 2 is 1.77 bits per heavy atom. The molecule has 2 fully saturated rings. The maximum atomic E-state index is 13.2. The lowest BCUT2D eigenvalue weighted by Gasteiger charge is -2.19. The van der Waals surface area contributed by atoms with E-state index in [0.717, 1.165) is 22.9 Å². The lowest BCUT2D eigenvalue weighted by molar-refractivity contribution is -0.137. The van der Waals surface area contributed by atoms with Crippen LogP contribution < -0.4 is 10.6 Å². The van der Waals surface area contributed by atoms with Gasteiger partial charge in [0.1, 0.15) is 11.4 Å². The minimum absolute atomic E-state index is 0.0581. The second kappa shape index (κ2) is 6.83. The maximum absolute atomic E-state index is 13.2. The van der Waals surface area contributed by atoms with E-state index in [2.05, 4.69) is 20.6 Å².